The lowest BCUT2D eigenvalue weighted by molar-refractivity contribution is -0.142. The minimum Gasteiger partial charge on any atom is -0.480 e. The number of halogens is 2. The van der Waals surface area contributed by atoms with Crippen LogP contribution < -0.4 is 5.32 Å². The summed E-state index contributed by atoms with van der Waals surface area (Å²) in [6, 6.07) is 3.12. The average Bonchev–Trinajstić information content (AvgIpc) is 2.56. The van der Waals surface area contributed by atoms with E-state index in [2.05, 4.69) is 21.2 Å². The monoisotopic (exact) mass is 344 g/mol. The molecule has 0 aromatic heterocycles. The Morgan fingerprint density at radius 1 is 1.50 bits per heavy atom. The molecule has 3 amide bonds. The Hall–Kier alpha value is -1.96. The Morgan fingerprint density at radius 2 is 2.15 bits per heavy atom. The quantitative estimate of drug-likeness (QED) is 0.812. The van der Waals surface area contributed by atoms with Crippen molar-refractivity contribution >= 4 is 33.8 Å². The molecule has 0 bridgehead atoms. The predicted molar refractivity (Wildman–Crippen MR) is 69.3 cm³/mol. The molecule has 1 unspecified atom stereocenters. The first-order valence-electron chi connectivity index (χ1n) is 5.57. The number of hydrogen-bond donors (Lipinski definition) is 2. The first-order chi connectivity index (χ1) is 9.25. The molecular formula is C12H10BrFN2O4. The number of carboxylic acid groups (broad SMARTS) is 1. The van der Waals surface area contributed by atoms with Crippen molar-refractivity contribution in [3.63, 3.8) is 0 Å². The standard InChI is InChI=1S/C12H10BrFN2O4/c1-12(7-4-6(13)2-3-8(7)14)10(19)16(5-9(17)18)11(20)15-12/h2-4H,5H2,1H3,(H,15,20)(H,17,18). The first-order valence-corrected chi connectivity index (χ1v) is 6.36. The second kappa shape index (κ2) is 4.86. The fourth-order valence-corrected chi connectivity index (χ4v) is 2.40. The SMILES string of the molecule is CC1(c2cc(Br)ccc2F)NC(=O)N(CC(=O)O)C1=O. The van der Waals surface area contributed by atoms with Gasteiger partial charge in [0.2, 0.25) is 0 Å². The minimum absolute atomic E-state index is 0.0295. The van der Waals surface area contributed by atoms with Gasteiger partial charge in [0.1, 0.15) is 17.9 Å². The van der Waals surface area contributed by atoms with Gasteiger partial charge in [-0.2, -0.15) is 0 Å². The van der Waals surface area contributed by atoms with Crippen molar-refractivity contribution in [2.45, 2.75) is 12.5 Å². The predicted octanol–water partition coefficient (Wildman–Crippen LogP) is 1.44. The van der Waals surface area contributed by atoms with Crippen molar-refractivity contribution in [2.75, 3.05) is 6.54 Å². The van der Waals surface area contributed by atoms with Crippen LogP contribution in [0.4, 0.5) is 9.18 Å². The van der Waals surface area contributed by atoms with Gasteiger partial charge in [-0.05, 0) is 25.1 Å². The number of carbonyl (C=O) groups is 3. The van der Waals surface area contributed by atoms with Gasteiger partial charge in [0.25, 0.3) is 5.91 Å². The number of carboxylic acids is 1. The maximum absolute atomic E-state index is 13.9. The van der Waals surface area contributed by atoms with Crippen LogP contribution in [0.25, 0.3) is 0 Å². The number of nitrogens with one attached hydrogen (secondary N) is 1. The number of urea groups is 1. The van der Waals surface area contributed by atoms with Gasteiger partial charge in [-0.25, -0.2) is 9.18 Å². The van der Waals surface area contributed by atoms with E-state index < -0.39 is 35.8 Å². The lowest BCUT2D eigenvalue weighted by Crippen LogP contribution is -2.42. The van der Waals surface area contributed by atoms with E-state index in [1.54, 1.807) is 0 Å². The third-order valence-corrected chi connectivity index (χ3v) is 3.53. The van der Waals surface area contributed by atoms with E-state index in [4.69, 9.17) is 5.11 Å². The molecule has 1 heterocycles. The summed E-state index contributed by atoms with van der Waals surface area (Å²) in [6.45, 7) is 0.565. The smallest absolute Gasteiger partial charge is 0.325 e. The van der Waals surface area contributed by atoms with E-state index in [1.807, 2.05) is 0 Å². The highest BCUT2D eigenvalue weighted by Gasteiger charge is 2.50. The zero-order valence-corrected chi connectivity index (χ0v) is 11.9. The average molecular weight is 345 g/mol. The van der Waals surface area contributed by atoms with E-state index in [-0.39, 0.29) is 5.56 Å². The Labute approximate surface area is 121 Å². The number of imide groups is 1. The highest BCUT2D eigenvalue weighted by molar-refractivity contribution is 9.10. The highest BCUT2D eigenvalue weighted by atomic mass is 79.9. The summed E-state index contributed by atoms with van der Waals surface area (Å²) in [7, 11) is 0. The van der Waals surface area contributed by atoms with Crippen LogP contribution >= 0.6 is 15.9 Å². The molecule has 1 aromatic rings. The number of hydrogen-bond acceptors (Lipinski definition) is 3. The molecule has 1 aliphatic rings. The molecule has 106 valence electrons. The van der Waals surface area contributed by atoms with Crippen LogP contribution in [0.1, 0.15) is 12.5 Å². The van der Waals surface area contributed by atoms with Gasteiger partial charge in [0.15, 0.2) is 0 Å². The number of carbonyl (C=O) groups excluding carboxylic acids is 2. The van der Waals surface area contributed by atoms with E-state index in [1.165, 1.54) is 19.1 Å². The summed E-state index contributed by atoms with van der Waals surface area (Å²) >= 11 is 3.16. The molecule has 2 N–H and O–H groups in total. The number of nitrogens with zero attached hydrogens (tertiary/aromatic N) is 1. The van der Waals surface area contributed by atoms with E-state index in [9.17, 15) is 18.8 Å². The Morgan fingerprint density at radius 3 is 2.75 bits per heavy atom. The van der Waals surface area contributed by atoms with Crippen LogP contribution in [0.5, 0.6) is 0 Å². The van der Waals surface area contributed by atoms with Gasteiger partial charge >= 0.3 is 12.0 Å². The highest BCUT2D eigenvalue weighted by Crippen LogP contribution is 2.32. The second-order valence-corrected chi connectivity index (χ2v) is 5.38. The summed E-state index contributed by atoms with van der Waals surface area (Å²) in [4.78, 5) is 35.1. The molecular weight excluding hydrogens is 335 g/mol. The maximum Gasteiger partial charge on any atom is 0.325 e. The van der Waals surface area contributed by atoms with Crippen molar-refractivity contribution in [1.29, 1.82) is 0 Å². The molecule has 8 heteroatoms. The molecule has 1 aliphatic heterocycles. The van der Waals surface area contributed by atoms with Gasteiger partial charge in [0, 0.05) is 10.0 Å². The molecule has 1 saturated heterocycles. The molecule has 0 spiro atoms. The largest absolute Gasteiger partial charge is 0.480 e. The van der Waals surface area contributed by atoms with Crippen molar-refractivity contribution < 1.29 is 23.9 Å². The summed E-state index contributed by atoms with van der Waals surface area (Å²) in [5.74, 6) is -2.80. The van der Waals surface area contributed by atoms with Crippen LogP contribution in [0.3, 0.4) is 0 Å². The molecule has 0 radical (unpaired) electrons. The molecule has 1 aromatic carbocycles. The normalized spacial score (nSPS) is 22.1. The molecule has 2 rings (SSSR count). The zero-order valence-electron chi connectivity index (χ0n) is 10.3. The van der Waals surface area contributed by atoms with Crippen LogP contribution in [-0.4, -0.2) is 34.5 Å². The molecule has 20 heavy (non-hydrogen) atoms. The van der Waals surface area contributed by atoms with Crippen molar-refractivity contribution in [3.8, 4) is 0 Å². The number of aliphatic carboxylic acids is 1. The summed E-state index contributed by atoms with van der Waals surface area (Å²) < 4.78 is 14.4. The topological polar surface area (TPSA) is 86.7 Å². The Balaban J connectivity index is 2.46. The number of amides is 3. The second-order valence-electron chi connectivity index (χ2n) is 4.46. The lowest BCUT2D eigenvalue weighted by Gasteiger charge is -2.22. The van der Waals surface area contributed by atoms with Gasteiger partial charge in [0.05, 0.1) is 0 Å². The van der Waals surface area contributed by atoms with E-state index in [0.29, 0.717) is 9.37 Å². The minimum atomic E-state index is -1.62. The van der Waals surface area contributed by atoms with Crippen LogP contribution in [0.15, 0.2) is 22.7 Å². The summed E-state index contributed by atoms with van der Waals surface area (Å²) in [6.07, 6.45) is 0. The molecule has 0 aliphatic carbocycles. The number of benzene rings is 1. The van der Waals surface area contributed by atoms with Crippen molar-refractivity contribution in [1.82, 2.24) is 10.2 Å². The van der Waals surface area contributed by atoms with Crippen LogP contribution in [-0.2, 0) is 15.1 Å². The zero-order chi connectivity index (χ0) is 15.1. The Bertz CT molecular complexity index is 621. The van der Waals surface area contributed by atoms with Gasteiger partial charge in [-0.15, -0.1) is 0 Å². The van der Waals surface area contributed by atoms with Gasteiger partial charge in [-0.3, -0.25) is 14.5 Å². The van der Waals surface area contributed by atoms with Crippen LogP contribution in [0.2, 0.25) is 0 Å². The third-order valence-electron chi connectivity index (χ3n) is 3.04. The third kappa shape index (κ3) is 2.26. The van der Waals surface area contributed by atoms with Gasteiger partial charge in [-0.1, -0.05) is 15.9 Å². The Kier molecular flexibility index (Phi) is 3.51. The molecule has 1 atom stereocenters. The first kappa shape index (κ1) is 14.4. The lowest BCUT2D eigenvalue weighted by atomic mass is 9.91. The van der Waals surface area contributed by atoms with E-state index in [0.717, 1.165) is 6.07 Å². The summed E-state index contributed by atoms with van der Waals surface area (Å²) in [5, 5.41) is 11.0. The molecule has 1 fully saturated rings. The van der Waals surface area contributed by atoms with Crippen LogP contribution in [0, 0.1) is 5.82 Å². The molecule has 6 nitrogen and oxygen atoms in total. The fourth-order valence-electron chi connectivity index (χ4n) is 2.04. The van der Waals surface area contributed by atoms with Crippen molar-refractivity contribution in [3.05, 3.63) is 34.1 Å². The van der Waals surface area contributed by atoms with E-state index >= 15 is 0 Å². The maximum atomic E-state index is 13.9. The van der Waals surface area contributed by atoms with Gasteiger partial charge < -0.3 is 10.4 Å². The summed E-state index contributed by atoms with van der Waals surface area (Å²) in [5.41, 5.74) is -1.65. The van der Waals surface area contributed by atoms with Crippen molar-refractivity contribution in [2.24, 2.45) is 0 Å². The molecule has 0 saturated carbocycles. The fraction of sp³-hybridized carbons (Fsp3) is 0.250. The number of rotatable bonds is 3.